The molecule has 2 aromatic carbocycles. The van der Waals surface area contributed by atoms with E-state index >= 15 is 0 Å². The highest BCUT2D eigenvalue weighted by molar-refractivity contribution is 5.96. The van der Waals surface area contributed by atoms with Crippen molar-refractivity contribution in [3.63, 3.8) is 0 Å². The highest BCUT2D eigenvalue weighted by Crippen LogP contribution is 2.16. The van der Waals surface area contributed by atoms with Gasteiger partial charge in [-0.1, -0.05) is 42.5 Å². The van der Waals surface area contributed by atoms with Crippen LogP contribution in [0.3, 0.4) is 0 Å². The van der Waals surface area contributed by atoms with E-state index in [2.05, 4.69) is 16.0 Å². The Kier molecular flexibility index (Phi) is 8.37. The highest BCUT2D eigenvalue weighted by Gasteiger charge is 2.17. The number of esters is 1. The van der Waals surface area contributed by atoms with E-state index in [9.17, 15) is 19.2 Å². The van der Waals surface area contributed by atoms with Crippen LogP contribution in [0.5, 0.6) is 0 Å². The van der Waals surface area contributed by atoms with Crippen LogP contribution in [0.4, 0.5) is 5.69 Å². The van der Waals surface area contributed by atoms with Crippen LogP contribution in [-0.2, 0) is 25.7 Å². The minimum absolute atomic E-state index is 0.130. The van der Waals surface area contributed by atoms with Crippen molar-refractivity contribution >= 4 is 29.8 Å². The lowest BCUT2D eigenvalue weighted by molar-refractivity contribution is -0.121. The number of para-hydroxylation sites is 1. The van der Waals surface area contributed by atoms with Crippen molar-refractivity contribution in [2.24, 2.45) is 0 Å². The number of benzene rings is 2. The number of hydrogen-bond donors (Lipinski definition) is 3. The summed E-state index contributed by atoms with van der Waals surface area (Å²) in [6.45, 7) is -0.0697. The maximum absolute atomic E-state index is 12.4. The largest absolute Gasteiger partial charge is 0.457 e. The number of carbonyl (C=O) groups excluding carboxylic acids is 4. The molecule has 0 saturated heterocycles. The minimum atomic E-state index is -1.05. The fourth-order valence-corrected chi connectivity index (χ4v) is 2.45. The van der Waals surface area contributed by atoms with E-state index < -0.39 is 23.8 Å². The van der Waals surface area contributed by atoms with Gasteiger partial charge in [0.05, 0.1) is 18.5 Å². The molecule has 0 aromatic heterocycles. The zero-order valence-corrected chi connectivity index (χ0v) is 15.9. The van der Waals surface area contributed by atoms with Gasteiger partial charge in [-0.25, -0.2) is 4.79 Å². The van der Waals surface area contributed by atoms with Crippen LogP contribution in [0, 0.1) is 0 Å². The Morgan fingerprint density at radius 1 is 1.00 bits per heavy atom. The summed E-state index contributed by atoms with van der Waals surface area (Å²) in [5.74, 6) is -1.44. The summed E-state index contributed by atoms with van der Waals surface area (Å²) in [5, 5.41) is 7.61. The Balaban J connectivity index is 1.92. The molecule has 8 nitrogen and oxygen atoms in total. The van der Waals surface area contributed by atoms with Crippen molar-refractivity contribution < 1.29 is 23.9 Å². The molecular weight excluding hydrogens is 374 g/mol. The summed E-state index contributed by atoms with van der Waals surface area (Å²) in [4.78, 5) is 46.7. The van der Waals surface area contributed by atoms with Gasteiger partial charge in [0.15, 0.2) is 0 Å². The number of nitrogens with one attached hydrogen (secondary N) is 3. The molecule has 151 valence electrons. The van der Waals surface area contributed by atoms with Gasteiger partial charge in [-0.3, -0.25) is 14.4 Å². The van der Waals surface area contributed by atoms with Gasteiger partial charge >= 0.3 is 5.97 Å². The van der Waals surface area contributed by atoms with Gasteiger partial charge in [0.2, 0.25) is 18.1 Å². The normalized spacial score (nSPS) is 11.1. The molecule has 1 atom stereocenters. The second kappa shape index (κ2) is 11.2. The minimum Gasteiger partial charge on any atom is -0.457 e. The molecule has 0 fully saturated rings. The van der Waals surface area contributed by atoms with Crippen molar-refractivity contribution in [3.05, 3.63) is 65.7 Å². The average molecular weight is 396 g/mol. The summed E-state index contributed by atoms with van der Waals surface area (Å²) < 4.78 is 5.32. The number of carbonyl (C=O) groups is 3. The van der Waals surface area contributed by atoms with Crippen LogP contribution < -0.4 is 16.0 Å². The third-order valence-electron chi connectivity index (χ3n) is 3.94. The zero-order valence-electron chi connectivity index (χ0n) is 15.9. The number of rotatable bonds is 10. The summed E-state index contributed by atoms with van der Waals surface area (Å²) in [7, 11) is 1.43. The maximum Gasteiger partial charge on any atom is 0.340 e. The fourth-order valence-electron chi connectivity index (χ4n) is 2.45. The molecule has 3 N–H and O–H groups in total. The predicted octanol–water partition coefficient (Wildman–Crippen LogP) is 1.19. The molecule has 2 amide bonds. The molecule has 0 aliphatic heterocycles. The summed E-state index contributed by atoms with van der Waals surface area (Å²) >= 11 is 0. The molecule has 0 bridgehead atoms. The molecule has 0 spiro atoms. The second-order valence-corrected chi connectivity index (χ2v) is 6.08. The number of amides is 2. The van der Waals surface area contributed by atoms with Crippen LogP contribution in [0.15, 0.2) is 54.6 Å². The first kappa shape index (κ1) is 21.6. The predicted molar refractivity (Wildman–Crippen MR) is 107 cm³/mol. The molecular formula is C21H22N3O5. The van der Waals surface area contributed by atoms with E-state index in [0.29, 0.717) is 5.69 Å². The maximum atomic E-state index is 12.4. The Morgan fingerprint density at radius 2 is 1.69 bits per heavy atom. The van der Waals surface area contributed by atoms with Crippen LogP contribution in [0.1, 0.15) is 22.3 Å². The van der Waals surface area contributed by atoms with Crippen LogP contribution in [0.25, 0.3) is 0 Å². The van der Waals surface area contributed by atoms with E-state index in [0.717, 1.165) is 5.56 Å². The molecule has 0 aliphatic carbocycles. The first-order chi connectivity index (χ1) is 14.0. The summed E-state index contributed by atoms with van der Waals surface area (Å²) in [6.07, 6.45) is 1.41. The Morgan fingerprint density at radius 3 is 2.38 bits per heavy atom. The summed E-state index contributed by atoms with van der Waals surface area (Å²) in [5.41, 5.74) is 1.55. The van der Waals surface area contributed by atoms with E-state index in [-0.39, 0.29) is 25.1 Å². The molecule has 0 saturated carbocycles. The van der Waals surface area contributed by atoms with Crippen molar-refractivity contribution in [2.45, 2.75) is 19.1 Å². The second-order valence-electron chi connectivity index (χ2n) is 6.08. The van der Waals surface area contributed by atoms with E-state index in [4.69, 9.17) is 4.74 Å². The molecule has 1 unspecified atom stereocenters. The average Bonchev–Trinajstić information content (AvgIpc) is 2.76. The van der Waals surface area contributed by atoms with E-state index in [1.165, 1.54) is 7.05 Å². The molecule has 29 heavy (non-hydrogen) atoms. The van der Waals surface area contributed by atoms with Gasteiger partial charge in [0, 0.05) is 12.7 Å². The lowest BCUT2D eigenvalue weighted by Crippen LogP contribution is -2.42. The quantitative estimate of drug-likeness (QED) is 0.520. The molecule has 8 heteroatoms. The molecule has 1 radical (unpaired) electrons. The van der Waals surface area contributed by atoms with Gasteiger partial charge < -0.3 is 20.7 Å². The first-order valence-electron chi connectivity index (χ1n) is 8.95. The van der Waals surface area contributed by atoms with Gasteiger partial charge in [0.25, 0.3) is 0 Å². The van der Waals surface area contributed by atoms with Crippen molar-refractivity contribution in [2.75, 3.05) is 18.9 Å². The molecule has 2 aromatic rings. The number of anilines is 1. The van der Waals surface area contributed by atoms with Crippen molar-refractivity contribution in [1.82, 2.24) is 10.6 Å². The Bertz CT molecular complexity index is 854. The summed E-state index contributed by atoms with van der Waals surface area (Å²) in [6, 6.07) is 14.8. The molecule has 2 rings (SSSR count). The van der Waals surface area contributed by atoms with E-state index in [1.54, 1.807) is 30.6 Å². The van der Waals surface area contributed by atoms with Gasteiger partial charge in [0.1, 0.15) is 12.6 Å². The van der Waals surface area contributed by atoms with Gasteiger partial charge in [-0.05, 0) is 17.7 Å². The SMILES string of the molecule is CNC(=O)CC([C]=O)NC(=O)CNc1ccccc1C(=O)OCc1ccccc1. The number of ether oxygens (including phenoxy) is 1. The lowest BCUT2D eigenvalue weighted by atomic mass is 10.1. The molecule has 0 heterocycles. The van der Waals surface area contributed by atoms with Crippen molar-refractivity contribution in [1.29, 1.82) is 0 Å². The highest BCUT2D eigenvalue weighted by atomic mass is 16.5. The first-order valence-corrected chi connectivity index (χ1v) is 8.95. The monoisotopic (exact) mass is 396 g/mol. The third kappa shape index (κ3) is 7.10. The third-order valence-corrected chi connectivity index (χ3v) is 3.94. The van der Waals surface area contributed by atoms with Gasteiger partial charge in [-0.15, -0.1) is 0 Å². The van der Waals surface area contributed by atoms with Crippen molar-refractivity contribution in [3.8, 4) is 0 Å². The number of hydrogen-bond acceptors (Lipinski definition) is 6. The Hall–Kier alpha value is -3.68. The lowest BCUT2D eigenvalue weighted by Gasteiger charge is -2.14. The van der Waals surface area contributed by atoms with Crippen LogP contribution >= 0.6 is 0 Å². The smallest absolute Gasteiger partial charge is 0.340 e. The Labute approximate surface area is 168 Å². The van der Waals surface area contributed by atoms with Crippen LogP contribution in [0.2, 0.25) is 0 Å². The van der Waals surface area contributed by atoms with Gasteiger partial charge in [-0.2, -0.15) is 0 Å². The standard InChI is InChI=1S/C21H22N3O5/c1-22-19(26)11-16(13-25)24-20(27)12-23-18-10-6-5-9-17(18)21(28)29-14-15-7-3-2-4-8-15/h2-10,16,23H,11-12,14H2,1H3,(H,22,26)(H,24,27). The van der Waals surface area contributed by atoms with E-state index in [1.807, 2.05) is 30.3 Å². The van der Waals surface area contributed by atoms with Crippen LogP contribution in [-0.4, -0.2) is 43.7 Å². The zero-order chi connectivity index (χ0) is 21.1. The molecule has 0 aliphatic rings. The fraction of sp³-hybridized carbons (Fsp3) is 0.238. The topological polar surface area (TPSA) is 114 Å².